The highest BCUT2D eigenvalue weighted by Crippen LogP contribution is 2.22. The minimum Gasteiger partial charge on any atom is -0.493 e. The van der Waals surface area contributed by atoms with Gasteiger partial charge >= 0.3 is 11.9 Å². The molecular weight excluding hydrogens is 383 g/mol. The molecule has 0 atom stereocenters. The molecule has 0 amide bonds. The van der Waals surface area contributed by atoms with E-state index in [0.717, 1.165) is 12.8 Å². The van der Waals surface area contributed by atoms with Crippen molar-refractivity contribution in [3.63, 3.8) is 0 Å². The maximum absolute atomic E-state index is 12.3. The summed E-state index contributed by atoms with van der Waals surface area (Å²) in [7, 11) is 0. The Balaban J connectivity index is 1.79. The zero-order valence-corrected chi connectivity index (χ0v) is 14.1. The number of aromatic nitrogens is 6. The SMILES string of the molecule is O=c1[nH]c(O)c(/C=c2\cnn3c(=NC4CC4)nc(NNCC(F)(F)F)nc23)[nH]1. The number of aromatic amines is 2. The number of hydrazine groups is 1. The van der Waals surface area contributed by atoms with Crippen LogP contribution in [0.4, 0.5) is 19.1 Å². The molecule has 4 rings (SSSR count). The lowest BCUT2D eigenvalue weighted by molar-refractivity contribution is -0.123. The second kappa shape index (κ2) is 6.63. The Morgan fingerprint density at radius 3 is 2.79 bits per heavy atom. The average Bonchev–Trinajstić information content (AvgIpc) is 3.23. The first-order chi connectivity index (χ1) is 13.3. The molecule has 0 spiro atoms. The van der Waals surface area contributed by atoms with Crippen molar-refractivity contribution in [1.82, 2.24) is 35.0 Å². The summed E-state index contributed by atoms with van der Waals surface area (Å²) in [5.41, 5.74) is 4.21. The molecule has 1 aliphatic carbocycles. The maximum atomic E-state index is 12.3. The van der Waals surface area contributed by atoms with E-state index in [4.69, 9.17) is 0 Å². The molecule has 148 valence electrons. The Morgan fingerprint density at radius 1 is 1.36 bits per heavy atom. The van der Waals surface area contributed by atoms with E-state index in [2.05, 4.69) is 35.5 Å². The van der Waals surface area contributed by atoms with E-state index in [1.165, 1.54) is 16.8 Å². The van der Waals surface area contributed by atoms with Crippen LogP contribution < -0.4 is 27.4 Å². The number of hydrogen-bond donors (Lipinski definition) is 5. The largest absolute Gasteiger partial charge is 0.493 e. The van der Waals surface area contributed by atoms with Crippen molar-refractivity contribution < 1.29 is 18.3 Å². The average molecular weight is 397 g/mol. The third-order valence-corrected chi connectivity index (χ3v) is 3.75. The van der Waals surface area contributed by atoms with Gasteiger partial charge in [0.15, 0.2) is 5.65 Å². The number of aromatic hydroxyl groups is 1. The highest BCUT2D eigenvalue weighted by Gasteiger charge is 2.26. The van der Waals surface area contributed by atoms with Crippen LogP contribution in [0.15, 0.2) is 16.0 Å². The van der Waals surface area contributed by atoms with E-state index < -0.39 is 18.4 Å². The molecule has 1 fully saturated rings. The minimum atomic E-state index is -4.41. The summed E-state index contributed by atoms with van der Waals surface area (Å²) in [5, 5.41) is 14.2. The fourth-order valence-electron chi connectivity index (χ4n) is 2.36. The molecule has 0 aromatic carbocycles. The number of halogens is 3. The Kier molecular flexibility index (Phi) is 4.26. The third-order valence-electron chi connectivity index (χ3n) is 3.75. The number of nitrogens with zero attached hydrogens (tertiary/aromatic N) is 5. The Morgan fingerprint density at radius 2 is 2.14 bits per heavy atom. The molecule has 1 aliphatic rings. The Hall–Kier alpha value is -3.42. The molecule has 5 N–H and O–H groups in total. The highest BCUT2D eigenvalue weighted by molar-refractivity contribution is 5.56. The zero-order valence-electron chi connectivity index (χ0n) is 14.1. The number of H-pyrrole nitrogens is 2. The van der Waals surface area contributed by atoms with Gasteiger partial charge in [-0.25, -0.2) is 15.2 Å². The zero-order chi connectivity index (χ0) is 19.9. The van der Waals surface area contributed by atoms with E-state index in [0.29, 0.717) is 5.22 Å². The fourth-order valence-corrected chi connectivity index (χ4v) is 2.36. The number of hydrogen-bond acceptors (Lipinski definition) is 8. The molecule has 11 nitrogen and oxygen atoms in total. The minimum absolute atomic E-state index is 0.0794. The fraction of sp³-hybridized carbons (Fsp3) is 0.357. The van der Waals surface area contributed by atoms with Crippen LogP contribution >= 0.6 is 0 Å². The lowest BCUT2D eigenvalue weighted by Gasteiger charge is -2.09. The first-order valence-corrected chi connectivity index (χ1v) is 8.17. The van der Waals surface area contributed by atoms with Gasteiger partial charge in [-0.15, -0.1) is 0 Å². The molecule has 28 heavy (non-hydrogen) atoms. The molecule has 0 unspecified atom stereocenters. The van der Waals surface area contributed by atoms with Crippen LogP contribution in [0, 0.1) is 0 Å². The van der Waals surface area contributed by atoms with Gasteiger partial charge in [0, 0.05) is 5.22 Å². The van der Waals surface area contributed by atoms with Gasteiger partial charge in [0.25, 0.3) is 5.62 Å². The predicted molar refractivity (Wildman–Crippen MR) is 88.9 cm³/mol. The number of imidazole rings is 1. The number of anilines is 1. The van der Waals surface area contributed by atoms with Gasteiger partial charge < -0.3 is 10.1 Å². The molecular formula is C14H14F3N9O2. The van der Waals surface area contributed by atoms with Crippen LogP contribution in [0.1, 0.15) is 18.5 Å². The van der Waals surface area contributed by atoms with E-state index >= 15 is 0 Å². The molecule has 3 aromatic heterocycles. The lowest BCUT2D eigenvalue weighted by Crippen LogP contribution is -2.35. The molecule has 14 heteroatoms. The molecule has 3 heterocycles. The summed E-state index contributed by atoms with van der Waals surface area (Å²) >= 11 is 0. The molecule has 1 saturated carbocycles. The maximum Gasteiger partial charge on any atom is 0.402 e. The molecule has 0 saturated heterocycles. The van der Waals surface area contributed by atoms with Crippen molar-refractivity contribution in [2.24, 2.45) is 4.99 Å². The van der Waals surface area contributed by atoms with E-state index in [1.54, 1.807) is 0 Å². The first kappa shape index (κ1) is 18.0. The third kappa shape index (κ3) is 3.95. The van der Waals surface area contributed by atoms with Crippen LogP contribution in [0.25, 0.3) is 11.7 Å². The summed E-state index contributed by atoms with van der Waals surface area (Å²) in [5.74, 6) is -0.496. The van der Waals surface area contributed by atoms with E-state index in [9.17, 15) is 23.1 Å². The topological polar surface area (TPSA) is 148 Å². The van der Waals surface area contributed by atoms with Gasteiger partial charge in [-0.2, -0.15) is 32.8 Å². The second-order valence-corrected chi connectivity index (χ2v) is 6.12. The van der Waals surface area contributed by atoms with Gasteiger partial charge in [-0.05, 0) is 18.9 Å². The molecule has 0 aliphatic heterocycles. The predicted octanol–water partition coefficient (Wildman–Crippen LogP) is -1.06. The van der Waals surface area contributed by atoms with Crippen molar-refractivity contribution >= 4 is 17.7 Å². The van der Waals surface area contributed by atoms with E-state index in [-0.39, 0.29) is 34.8 Å². The normalized spacial score (nSPS) is 16.2. The summed E-state index contributed by atoms with van der Waals surface area (Å²) in [6, 6.07) is 0.0794. The Bertz CT molecular complexity index is 1190. The van der Waals surface area contributed by atoms with E-state index in [1.807, 2.05) is 5.43 Å². The van der Waals surface area contributed by atoms with Gasteiger partial charge in [0.1, 0.15) is 12.2 Å². The lowest BCUT2D eigenvalue weighted by atomic mass is 10.3. The molecule has 3 aromatic rings. The van der Waals surface area contributed by atoms with Crippen LogP contribution in [-0.4, -0.2) is 53.4 Å². The smallest absolute Gasteiger partial charge is 0.402 e. The van der Waals surface area contributed by atoms with Crippen LogP contribution in [0.3, 0.4) is 0 Å². The standard InChI is InChI=1S/C14H14F3N9O2/c15-14(16,17)5-18-25-11-22-9-6(3-8-10(27)23-13(28)21-8)4-19-26(9)12(24-11)20-7-1-2-7/h3-4,7,18,27H,1-2,5H2,(H,20,24,25)(H2,21,23,28)/b6-3+. The van der Waals surface area contributed by atoms with Crippen molar-refractivity contribution in [1.29, 1.82) is 0 Å². The van der Waals surface area contributed by atoms with Crippen LogP contribution in [0.2, 0.25) is 0 Å². The van der Waals surface area contributed by atoms with Gasteiger partial charge in [-0.1, -0.05) is 0 Å². The van der Waals surface area contributed by atoms with Gasteiger partial charge in [-0.3, -0.25) is 10.4 Å². The monoisotopic (exact) mass is 397 g/mol. The summed E-state index contributed by atoms with van der Waals surface area (Å²) in [4.78, 5) is 28.5. The Labute approximate surface area is 153 Å². The summed E-state index contributed by atoms with van der Waals surface area (Å²) < 4.78 is 38.3. The van der Waals surface area contributed by atoms with Crippen molar-refractivity contribution in [2.45, 2.75) is 25.1 Å². The molecule has 0 bridgehead atoms. The van der Waals surface area contributed by atoms with Crippen LogP contribution in [0.5, 0.6) is 5.88 Å². The van der Waals surface area contributed by atoms with Crippen molar-refractivity contribution in [2.75, 3.05) is 12.0 Å². The van der Waals surface area contributed by atoms with Gasteiger partial charge in [0.2, 0.25) is 11.8 Å². The number of fused-ring (bicyclic) bond motifs is 1. The van der Waals surface area contributed by atoms with Crippen molar-refractivity contribution in [3.05, 3.63) is 33.2 Å². The quantitative estimate of drug-likeness (QED) is 0.345. The number of rotatable bonds is 5. The number of alkyl halides is 3. The first-order valence-electron chi connectivity index (χ1n) is 8.17. The van der Waals surface area contributed by atoms with Crippen molar-refractivity contribution in [3.8, 4) is 5.88 Å². The summed E-state index contributed by atoms with van der Waals surface area (Å²) in [6.07, 6.45) is 0.189. The van der Waals surface area contributed by atoms with Gasteiger partial charge in [0.05, 0.1) is 12.2 Å². The molecule has 0 radical (unpaired) electrons. The number of nitrogens with one attached hydrogen (secondary N) is 4. The highest BCUT2D eigenvalue weighted by atomic mass is 19.4. The second-order valence-electron chi connectivity index (χ2n) is 6.12. The summed E-state index contributed by atoms with van der Waals surface area (Å²) in [6.45, 7) is -1.28. The van der Waals surface area contributed by atoms with Crippen LogP contribution in [-0.2, 0) is 0 Å².